The highest BCUT2D eigenvalue weighted by Gasteiger charge is 2.49. The van der Waals surface area contributed by atoms with Crippen molar-refractivity contribution in [3.05, 3.63) is 0 Å². The highest BCUT2D eigenvalue weighted by molar-refractivity contribution is 4.99. The average molecular weight is 178 g/mol. The summed E-state index contributed by atoms with van der Waals surface area (Å²) in [5.41, 5.74) is 0.880. The standard InChI is InChI=1S/C13H22/c1-2-4-12(5-3-1)13-8-6-11(10-13)7-9-13/h11-12H,1-10H2. The van der Waals surface area contributed by atoms with Crippen LogP contribution in [0.25, 0.3) is 0 Å². The lowest BCUT2D eigenvalue weighted by Crippen LogP contribution is -2.27. The molecule has 3 fully saturated rings. The van der Waals surface area contributed by atoms with Crippen molar-refractivity contribution in [1.82, 2.24) is 0 Å². The summed E-state index contributed by atoms with van der Waals surface area (Å²) in [5, 5.41) is 0. The first kappa shape index (κ1) is 8.32. The van der Waals surface area contributed by atoms with Crippen molar-refractivity contribution in [3.8, 4) is 0 Å². The molecule has 0 aromatic rings. The zero-order chi connectivity index (χ0) is 8.73. The van der Waals surface area contributed by atoms with E-state index in [2.05, 4.69) is 0 Å². The largest absolute Gasteiger partial charge is 0.0533 e. The summed E-state index contributed by atoms with van der Waals surface area (Å²) in [6, 6.07) is 0. The molecular formula is C13H22. The highest BCUT2D eigenvalue weighted by Crippen LogP contribution is 2.60. The lowest BCUT2D eigenvalue weighted by molar-refractivity contribution is 0.125. The van der Waals surface area contributed by atoms with E-state index in [9.17, 15) is 0 Å². The van der Waals surface area contributed by atoms with Crippen LogP contribution in [0.1, 0.15) is 64.2 Å². The minimum atomic E-state index is 0.880. The van der Waals surface area contributed by atoms with E-state index in [1.165, 1.54) is 19.3 Å². The Balaban J connectivity index is 1.75. The van der Waals surface area contributed by atoms with Gasteiger partial charge in [-0.1, -0.05) is 19.3 Å². The zero-order valence-corrected chi connectivity index (χ0v) is 8.73. The van der Waals surface area contributed by atoms with Gasteiger partial charge in [0.25, 0.3) is 0 Å². The Hall–Kier alpha value is 0. The summed E-state index contributed by atoms with van der Waals surface area (Å²) in [6.45, 7) is 0. The molecule has 13 heavy (non-hydrogen) atoms. The molecule has 0 spiro atoms. The molecule has 0 atom stereocenters. The molecule has 0 heteroatoms. The number of rotatable bonds is 1. The van der Waals surface area contributed by atoms with Gasteiger partial charge >= 0.3 is 0 Å². The van der Waals surface area contributed by atoms with Crippen LogP contribution in [-0.2, 0) is 0 Å². The van der Waals surface area contributed by atoms with Crippen molar-refractivity contribution >= 4 is 0 Å². The van der Waals surface area contributed by atoms with Gasteiger partial charge in [-0.2, -0.15) is 0 Å². The fourth-order valence-corrected chi connectivity index (χ4v) is 4.53. The normalized spacial score (nSPS) is 45.7. The van der Waals surface area contributed by atoms with E-state index in [4.69, 9.17) is 0 Å². The predicted octanol–water partition coefficient (Wildman–Crippen LogP) is 4.15. The lowest BCUT2D eigenvalue weighted by Gasteiger charge is -2.38. The van der Waals surface area contributed by atoms with Gasteiger partial charge in [-0.05, 0) is 62.2 Å². The van der Waals surface area contributed by atoms with Gasteiger partial charge in [-0.15, -0.1) is 0 Å². The molecule has 0 amide bonds. The third-order valence-corrected chi connectivity index (χ3v) is 5.27. The summed E-state index contributed by atoms with van der Waals surface area (Å²) < 4.78 is 0. The van der Waals surface area contributed by atoms with E-state index in [1.54, 1.807) is 44.9 Å². The van der Waals surface area contributed by atoms with Crippen LogP contribution in [0, 0.1) is 17.3 Å². The molecule has 2 bridgehead atoms. The van der Waals surface area contributed by atoms with Gasteiger partial charge in [0.15, 0.2) is 0 Å². The van der Waals surface area contributed by atoms with Crippen LogP contribution >= 0.6 is 0 Å². The van der Waals surface area contributed by atoms with Crippen LogP contribution in [0.5, 0.6) is 0 Å². The maximum Gasteiger partial charge on any atom is -0.0266 e. The molecule has 3 saturated carbocycles. The fraction of sp³-hybridized carbons (Fsp3) is 1.00. The first-order valence-electron chi connectivity index (χ1n) is 6.39. The molecule has 0 aromatic carbocycles. The Morgan fingerprint density at radius 3 is 2.00 bits per heavy atom. The first-order valence-corrected chi connectivity index (χ1v) is 6.39. The Labute approximate surface area is 82.1 Å². The minimum Gasteiger partial charge on any atom is -0.0533 e. The van der Waals surface area contributed by atoms with Gasteiger partial charge < -0.3 is 0 Å². The molecule has 0 saturated heterocycles. The molecule has 3 aliphatic rings. The van der Waals surface area contributed by atoms with E-state index >= 15 is 0 Å². The second-order valence-electron chi connectivity index (χ2n) is 5.84. The topological polar surface area (TPSA) is 0 Å². The summed E-state index contributed by atoms with van der Waals surface area (Å²) in [6.07, 6.45) is 15.7. The maximum atomic E-state index is 1.62. The molecule has 3 rings (SSSR count). The van der Waals surface area contributed by atoms with Gasteiger partial charge in [0.1, 0.15) is 0 Å². The van der Waals surface area contributed by atoms with Crippen LogP contribution in [0.15, 0.2) is 0 Å². The molecule has 0 radical (unpaired) electrons. The van der Waals surface area contributed by atoms with Crippen molar-refractivity contribution in [2.75, 3.05) is 0 Å². The quantitative estimate of drug-likeness (QED) is 0.566. The molecule has 0 aliphatic heterocycles. The van der Waals surface area contributed by atoms with Crippen LogP contribution in [0.4, 0.5) is 0 Å². The summed E-state index contributed by atoms with van der Waals surface area (Å²) in [7, 11) is 0. The Morgan fingerprint density at radius 1 is 0.769 bits per heavy atom. The van der Waals surface area contributed by atoms with Crippen LogP contribution in [0.2, 0.25) is 0 Å². The second kappa shape index (κ2) is 3.00. The highest BCUT2D eigenvalue weighted by atomic mass is 14.5. The van der Waals surface area contributed by atoms with E-state index in [-0.39, 0.29) is 0 Å². The van der Waals surface area contributed by atoms with Crippen LogP contribution in [0.3, 0.4) is 0 Å². The zero-order valence-electron chi connectivity index (χ0n) is 8.73. The SMILES string of the molecule is C1CCC(C23CCC(CC2)C3)CC1. The summed E-state index contributed by atoms with van der Waals surface area (Å²) in [5.74, 6) is 2.30. The van der Waals surface area contributed by atoms with Crippen LogP contribution in [-0.4, -0.2) is 0 Å². The van der Waals surface area contributed by atoms with E-state index in [1.807, 2.05) is 0 Å². The predicted molar refractivity (Wildman–Crippen MR) is 55.6 cm³/mol. The second-order valence-corrected chi connectivity index (χ2v) is 5.84. The third-order valence-electron chi connectivity index (χ3n) is 5.27. The van der Waals surface area contributed by atoms with E-state index < -0.39 is 0 Å². The molecule has 0 nitrogen and oxygen atoms in total. The summed E-state index contributed by atoms with van der Waals surface area (Å²) in [4.78, 5) is 0. The van der Waals surface area contributed by atoms with Gasteiger partial charge in [0.05, 0.1) is 0 Å². The number of hydrogen-bond acceptors (Lipinski definition) is 0. The smallest absolute Gasteiger partial charge is 0.0266 e. The van der Waals surface area contributed by atoms with Gasteiger partial charge in [-0.25, -0.2) is 0 Å². The Kier molecular flexibility index (Phi) is 1.92. The fourth-order valence-electron chi connectivity index (χ4n) is 4.53. The monoisotopic (exact) mass is 178 g/mol. The van der Waals surface area contributed by atoms with Crippen molar-refractivity contribution in [2.24, 2.45) is 17.3 Å². The van der Waals surface area contributed by atoms with Gasteiger partial charge in [0, 0.05) is 0 Å². The van der Waals surface area contributed by atoms with Crippen molar-refractivity contribution in [2.45, 2.75) is 64.2 Å². The van der Waals surface area contributed by atoms with Crippen LogP contribution < -0.4 is 0 Å². The van der Waals surface area contributed by atoms with Gasteiger partial charge in [-0.3, -0.25) is 0 Å². The molecule has 0 N–H and O–H groups in total. The van der Waals surface area contributed by atoms with Crippen molar-refractivity contribution in [3.63, 3.8) is 0 Å². The number of hydrogen-bond donors (Lipinski definition) is 0. The molecule has 0 unspecified atom stereocenters. The Bertz CT molecular complexity index is 180. The molecule has 3 aliphatic carbocycles. The van der Waals surface area contributed by atoms with Gasteiger partial charge in [0.2, 0.25) is 0 Å². The average Bonchev–Trinajstić information content (AvgIpc) is 2.80. The third kappa shape index (κ3) is 1.25. The van der Waals surface area contributed by atoms with Crippen molar-refractivity contribution < 1.29 is 0 Å². The minimum absolute atomic E-state index is 0.880. The Morgan fingerprint density at radius 2 is 1.46 bits per heavy atom. The van der Waals surface area contributed by atoms with Crippen molar-refractivity contribution in [1.29, 1.82) is 0 Å². The first-order chi connectivity index (χ1) is 6.39. The maximum absolute atomic E-state index is 1.62. The molecule has 0 heterocycles. The van der Waals surface area contributed by atoms with E-state index in [0.717, 1.165) is 17.3 Å². The van der Waals surface area contributed by atoms with E-state index in [0.29, 0.717) is 0 Å². The number of fused-ring (bicyclic) bond motifs is 2. The molecular weight excluding hydrogens is 156 g/mol. The summed E-state index contributed by atoms with van der Waals surface area (Å²) >= 11 is 0. The molecule has 0 aromatic heterocycles. The lowest BCUT2D eigenvalue weighted by atomic mass is 9.67. The molecule has 74 valence electrons.